The van der Waals surface area contributed by atoms with Gasteiger partial charge in [-0.15, -0.1) is 0 Å². The van der Waals surface area contributed by atoms with Gasteiger partial charge in [-0.3, -0.25) is 19.0 Å². The van der Waals surface area contributed by atoms with Gasteiger partial charge in [0.25, 0.3) is 5.56 Å². The third-order valence-corrected chi connectivity index (χ3v) is 5.02. The van der Waals surface area contributed by atoms with Crippen LogP contribution in [0.5, 0.6) is 0 Å². The summed E-state index contributed by atoms with van der Waals surface area (Å²) in [5.41, 5.74) is 0.507. The lowest BCUT2D eigenvalue weighted by Crippen LogP contribution is -2.42. The largest absolute Gasteiger partial charge is 0.332 e. The minimum Gasteiger partial charge on any atom is -0.328 e. The molecule has 0 aliphatic carbocycles. The van der Waals surface area contributed by atoms with E-state index in [-0.39, 0.29) is 17.1 Å². The van der Waals surface area contributed by atoms with Gasteiger partial charge in [0, 0.05) is 38.4 Å². The summed E-state index contributed by atoms with van der Waals surface area (Å²) in [6.07, 6.45) is 2.76. The van der Waals surface area contributed by atoms with E-state index in [4.69, 9.17) is 0 Å². The Morgan fingerprint density at radius 3 is 2.72 bits per heavy atom. The molecule has 10 nitrogen and oxygen atoms in total. The molecular formula is C19H20N6O4. The molecule has 1 saturated heterocycles. The van der Waals surface area contributed by atoms with Crippen molar-refractivity contribution in [3.63, 3.8) is 0 Å². The fourth-order valence-electron chi connectivity index (χ4n) is 3.55. The van der Waals surface area contributed by atoms with Crippen LogP contribution in [0.4, 0.5) is 11.4 Å². The molecule has 4 rings (SSSR count). The highest BCUT2D eigenvalue weighted by molar-refractivity contribution is 5.97. The van der Waals surface area contributed by atoms with Crippen molar-refractivity contribution in [3.8, 4) is 0 Å². The third-order valence-electron chi connectivity index (χ3n) is 5.02. The lowest BCUT2D eigenvalue weighted by Gasteiger charge is -2.17. The average Bonchev–Trinajstić information content (AvgIpc) is 3.29. The molecule has 29 heavy (non-hydrogen) atoms. The van der Waals surface area contributed by atoms with Gasteiger partial charge in [-0.2, -0.15) is 0 Å². The maximum absolute atomic E-state index is 12.7. The van der Waals surface area contributed by atoms with E-state index in [1.807, 2.05) is 0 Å². The van der Waals surface area contributed by atoms with E-state index in [0.717, 1.165) is 11.0 Å². The standard InChI is InChI=1S/C19H20N6O4/c1-22-11-20-17-16(22)18(28)25(19(29)23(17)2)10-14(26)21-12-5-3-6-13(9-12)24-8-4-7-15(24)27/h3,5-6,9,11H,4,7-8,10H2,1-2H3,(H,21,26). The Kier molecular flexibility index (Phi) is 4.53. The number of nitrogens with zero attached hydrogens (tertiary/aromatic N) is 5. The second-order valence-corrected chi connectivity index (χ2v) is 7.01. The molecule has 0 spiro atoms. The summed E-state index contributed by atoms with van der Waals surface area (Å²) >= 11 is 0. The predicted octanol–water partition coefficient (Wildman–Crippen LogP) is 0.199. The van der Waals surface area contributed by atoms with Crippen LogP contribution in [0.3, 0.4) is 0 Å². The van der Waals surface area contributed by atoms with E-state index < -0.39 is 23.7 Å². The van der Waals surface area contributed by atoms with E-state index in [2.05, 4.69) is 10.3 Å². The van der Waals surface area contributed by atoms with Gasteiger partial charge in [0.05, 0.1) is 6.33 Å². The Morgan fingerprint density at radius 2 is 2.00 bits per heavy atom. The molecule has 2 amide bonds. The molecule has 3 heterocycles. The number of hydrogen-bond donors (Lipinski definition) is 1. The quantitative estimate of drug-likeness (QED) is 0.677. The minimum atomic E-state index is -0.618. The molecule has 1 aliphatic heterocycles. The molecule has 3 aromatic rings. The molecule has 1 fully saturated rings. The van der Waals surface area contributed by atoms with Gasteiger partial charge in [-0.05, 0) is 24.6 Å². The van der Waals surface area contributed by atoms with E-state index in [1.165, 1.54) is 22.5 Å². The second-order valence-electron chi connectivity index (χ2n) is 7.01. The summed E-state index contributed by atoms with van der Waals surface area (Å²) in [6, 6.07) is 6.93. The Morgan fingerprint density at radius 1 is 1.21 bits per heavy atom. The lowest BCUT2D eigenvalue weighted by molar-refractivity contribution is -0.117. The molecule has 0 atom stereocenters. The number of hydrogen-bond acceptors (Lipinski definition) is 5. The first-order valence-electron chi connectivity index (χ1n) is 9.18. The summed E-state index contributed by atoms with van der Waals surface area (Å²) in [5, 5.41) is 2.69. The SMILES string of the molecule is Cn1cnc2c1c(=O)n(CC(=O)Nc1cccc(N3CCCC3=O)c1)c(=O)n2C. The first kappa shape index (κ1) is 18.7. The number of anilines is 2. The molecule has 10 heteroatoms. The maximum Gasteiger partial charge on any atom is 0.332 e. The maximum atomic E-state index is 12.7. The van der Waals surface area contributed by atoms with Gasteiger partial charge in [0.15, 0.2) is 11.2 Å². The molecule has 1 N–H and O–H groups in total. The molecular weight excluding hydrogens is 376 g/mol. The zero-order valence-corrected chi connectivity index (χ0v) is 16.1. The van der Waals surface area contributed by atoms with Crippen molar-refractivity contribution < 1.29 is 9.59 Å². The molecule has 0 radical (unpaired) electrons. The summed E-state index contributed by atoms with van der Waals surface area (Å²) < 4.78 is 3.64. The number of benzene rings is 1. The van der Waals surface area contributed by atoms with E-state index >= 15 is 0 Å². The number of rotatable bonds is 4. The van der Waals surface area contributed by atoms with E-state index in [1.54, 1.807) is 36.2 Å². The number of aryl methyl sites for hydroxylation is 2. The summed E-state index contributed by atoms with van der Waals surface area (Å²) in [6.45, 7) is 0.214. The molecule has 1 aromatic carbocycles. The monoisotopic (exact) mass is 396 g/mol. The Bertz CT molecular complexity index is 1250. The minimum absolute atomic E-state index is 0.0491. The van der Waals surface area contributed by atoms with E-state index in [9.17, 15) is 19.2 Å². The van der Waals surface area contributed by atoms with Crippen molar-refractivity contribution >= 4 is 34.4 Å². The van der Waals surface area contributed by atoms with E-state index in [0.29, 0.717) is 24.3 Å². The lowest BCUT2D eigenvalue weighted by atomic mass is 10.2. The smallest absolute Gasteiger partial charge is 0.328 e. The van der Waals surface area contributed by atoms with Crippen LogP contribution in [0.25, 0.3) is 11.2 Å². The van der Waals surface area contributed by atoms with Crippen molar-refractivity contribution in [3.05, 3.63) is 51.4 Å². The van der Waals surface area contributed by atoms with Crippen molar-refractivity contribution in [1.82, 2.24) is 18.7 Å². The first-order chi connectivity index (χ1) is 13.9. The van der Waals surface area contributed by atoms with Crippen LogP contribution < -0.4 is 21.5 Å². The highest BCUT2D eigenvalue weighted by Gasteiger charge is 2.22. The fraction of sp³-hybridized carbons (Fsp3) is 0.316. The summed E-state index contributed by atoms with van der Waals surface area (Å²) in [5.74, 6) is -0.469. The highest BCUT2D eigenvalue weighted by atomic mass is 16.2. The van der Waals surface area contributed by atoms with Crippen LogP contribution >= 0.6 is 0 Å². The van der Waals surface area contributed by atoms with Crippen molar-refractivity contribution in [2.24, 2.45) is 14.1 Å². The van der Waals surface area contributed by atoms with Crippen molar-refractivity contribution in [1.29, 1.82) is 0 Å². The zero-order chi connectivity index (χ0) is 20.7. The van der Waals surface area contributed by atoms with Gasteiger partial charge >= 0.3 is 5.69 Å². The number of carbonyl (C=O) groups is 2. The van der Waals surface area contributed by atoms with Crippen LogP contribution in [0.15, 0.2) is 40.2 Å². The number of amides is 2. The number of nitrogens with one attached hydrogen (secondary N) is 1. The second kappa shape index (κ2) is 7.04. The zero-order valence-electron chi connectivity index (χ0n) is 16.1. The van der Waals surface area contributed by atoms with Crippen LogP contribution in [0, 0.1) is 0 Å². The molecule has 0 bridgehead atoms. The third kappa shape index (κ3) is 3.22. The van der Waals surface area contributed by atoms with Gasteiger partial charge in [-0.25, -0.2) is 14.3 Å². The van der Waals surface area contributed by atoms with Gasteiger partial charge in [-0.1, -0.05) is 6.07 Å². The van der Waals surface area contributed by atoms with Crippen molar-refractivity contribution in [2.75, 3.05) is 16.8 Å². The molecule has 1 aliphatic rings. The number of aromatic nitrogens is 4. The van der Waals surface area contributed by atoms with Crippen LogP contribution in [-0.4, -0.2) is 37.0 Å². The van der Waals surface area contributed by atoms with Gasteiger partial charge < -0.3 is 14.8 Å². The predicted molar refractivity (Wildman–Crippen MR) is 107 cm³/mol. The van der Waals surface area contributed by atoms with Crippen LogP contribution in [-0.2, 0) is 30.2 Å². The average molecular weight is 396 g/mol. The topological polar surface area (TPSA) is 111 Å². The molecule has 2 aromatic heterocycles. The van der Waals surface area contributed by atoms with Gasteiger partial charge in [0.2, 0.25) is 11.8 Å². The van der Waals surface area contributed by atoms with Gasteiger partial charge in [0.1, 0.15) is 6.54 Å². The van der Waals surface area contributed by atoms with Crippen molar-refractivity contribution in [2.45, 2.75) is 19.4 Å². The number of carbonyl (C=O) groups excluding carboxylic acids is 2. The Balaban J connectivity index is 1.60. The number of imidazole rings is 1. The fourth-order valence-corrected chi connectivity index (χ4v) is 3.55. The highest BCUT2D eigenvalue weighted by Crippen LogP contribution is 2.24. The first-order valence-corrected chi connectivity index (χ1v) is 9.18. The number of fused-ring (bicyclic) bond motifs is 1. The molecule has 0 unspecified atom stereocenters. The van der Waals surface area contributed by atoms with Crippen LogP contribution in [0.2, 0.25) is 0 Å². The summed E-state index contributed by atoms with van der Waals surface area (Å²) in [7, 11) is 3.15. The summed E-state index contributed by atoms with van der Waals surface area (Å²) in [4.78, 5) is 55.4. The molecule has 0 saturated carbocycles. The normalized spacial score (nSPS) is 14.0. The Labute approximate surface area is 165 Å². The Hall–Kier alpha value is -3.69. The molecule has 150 valence electrons. The van der Waals surface area contributed by atoms with Crippen LogP contribution in [0.1, 0.15) is 12.8 Å².